The van der Waals surface area contributed by atoms with E-state index in [1.807, 2.05) is 42.2 Å². The maximum Gasteiger partial charge on any atom is 0.345 e. The number of rotatable bonds is 4. The molecule has 0 spiro atoms. The average Bonchev–Trinajstić information content (AvgIpc) is 3.25. The minimum Gasteiger partial charge on any atom is -0.440 e. The lowest BCUT2D eigenvalue weighted by Crippen LogP contribution is -2.36. The van der Waals surface area contributed by atoms with Crippen molar-refractivity contribution in [2.45, 2.75) is 6.92 Å². The third-order valence-corrected chi connectivity index (χ3v) is 5.05. The standard InChI is InChI=1S/C21H19N5O4/c1-14-18(29-21-22-23-24-26(21)15-5-3-2-4-6-15)8-7-16-17(27)13-19(30-20(14)16)25-9-11-28-12-10-25/h2-8,13H,9-12H2,1H3. The summed E-state index contributed by atoms with van der Waals surface area (Å²) in [5, 5.41) is 12.2. The number of hydrogen-bond donors (Lipinski definition) is 0. The van der Waals surface area contributed by atoms with E-state index in [4.69, 9.17) is 13.9 Å². The number of ether oxygens (including phenoxy) is 2. The molecule has 9 nitrogen and oxygen atoms in total. The summed E-state index contributed by atoms with van der Waals surface area (Å²) in [5.74, 6) is 1.04. The Kier molecular flexibility index (Phi) is 4.64. The van der Waals surface area contributed by atoms with Crippen LogP contribution in [0.1, 0.15) is 5.56 Å². The predicted octanol–water partition coefficient (Wildman–Crippen LogP) is 2.71. The topological polar surface area (TPSA) is 95.5 Å². The first-order valence-corrected chi connectivity index (χ1v) is 9.62. The van der Waals surface area contributed by atoms with Crippen molar-refractivity contribution in [1.29, 1.82) is 0 Å². The van der Waals surface area contributed by atoms with Crippen LogP contribution in [0, 0.1) is 6.92 Å². The van der Waals surface area contributed by atoms with Crippen LogP contribution in [-0.2, 0) is 4.74 Å². The third-order valence-electron chi connectivity index (χ3n) is 5.05. The van der Waals surface area contributed by atoms with Gasteiger partial charge >= 0.3 is 6.01 Å². The molecule has 0 saturated carbocycles. The van der Waals surface area contributed by atoms with Gasteiger partial charge in [0.05, 0.1) is 24.3 Å². The summed E-state index contributed by atoms with van der Waals surface area (Å²) < 4.78 is 19.0. The zero-order valence-electron chi connectivity index (χ0n) is 16.3. The minimum atomic E-state index is -0.0958. The average molecular weight is 405 g/mol. The van der Waals surface area contributed by atoms with Crippen molar-refractivity contribution in [2.24, 2.45) is 0 Å². The van der Waals surface area contributed by atoms with Crippen molar-refractivity contribution in [2.75, 3.05) is 31.2 Å². The van der Waals surface area contributed by atoms with Crippen LogP contribution < -0.4 is 15.1 Å². The number of fused-ring (bicyclic) bond motifs is 1. The Balaban J connectivity index is 1.54. The van der Waals surface area contributed by atoms with Crippen LogP contribution in [0.15, 0.2) is 57.7 Å². The Morgan fingerprint density at radius 2 is 1.87 bits per heavy atom. The summed E-state index contributed by atoms with van der Waals surface area (Å²) in [6.07, 6.45) is 0. The molecule has 152 valence electrons. The maximum absolute atomic E-state index is 12.7. The highest BCUT2D eigenvalue weighted by atomic mass is 16.5. The molecule has 1 aliphatic rings. The molecule has 0 bridgehead atoms. The summed E-state index contributed by atoms with van der Waals surface area (Å²) in [6.45, 7) is 4.41. The smallest absolute Gasteiger partial charge is 0.345 e. The Morgan fingerprint density at radius 1 is 1.07 bits per heavy atom. The molecule has 1 aliphatic heterocycles. The summed E-state index contributed by atoms with van der Waals surface area (Å²) in [5.41, 5.74) is 1.86. The highest BCUT2D eigenvalue weighted by molar-refractivity contribution is 5.83. The van der Waals surface area contributed by atoms with E-state index in [-0.39, 0.29) is 11.4 Å². The highest BCUT2D eigenvalue weighted by Gasteiger charge is 2.19. The fourth-order valence-corrected chi connectivity index (χ4v) is 3.45. The van der Waals surface area contributed by atoms with Gasteiger partial charge in [-0.15, -0.1) is 0 Å². The van der Waals surface area contributed by atoms with Gasteiger partial charge in [0, 0.05) is 24.7 Å². The summed E-state index contributed by atoms with van der Waals surface area (Å²) in [7, 11) is 0. The minimum absolute atomic E-state index is 0.0958. The zero-order valence-corrected chi connectivity index (χ0v) is 16.3. The van der Waals surface area contributed by atoms with Crippen molar-refractivity contribution in [3.05, 3.63) is 64.3 Å². The molecule has 1 fully saturated rings. The quantitative estimate of drug-likeness (QED) is 0.511. The lowest BCUT2D eigenvalue weighted by atomic mass is 10.1. The second kappa shape index (κ2) is 7.60. The van der Waals surface area contributed by atoms with E-state index in [0.717, 1.165) is 5.69 Å². The van der Waals surface area contributed by atoms with Gasteiger partial charge in [-0.1, -0.05) is 23.3 Å². The first kappa shape index (κ1) is 18.3. The summed E-state index contributed by atoms with van der Waals surface area (Å²) in [6, 6.07) is 14.6. The largest absolute Gasteiger partial charge is 0.440 e. The fourth-order valence-electron chi connectivity index (χ4n) is 3.45. The monoisotopic (exact) mass is 405 g/mol. The van der Waals surface area contributed by atoms with E-state index < -0.39 is 0 Å². The van der Waals surface area contributed by atoms with Crippen LogP contribution in [0.4, 0.5) is 5.88 Å². The Labute approximate surface area is 171 Å². The number of hydrogen-bond acceptors (Lipinski definition) is 8. The van der Waals surface area contributed by atoms with Crippen molar-refractivity contribution in [1.82, 2.24) is 20.2 Å². The lowest BCUT2D eigenvalue weighted by molar-refractivity contribution is 0.121. The number of anilines is 1. The number of aryl methyl sites for hydroxylation is 1. The van der Waals surface area contributed by atoms with Gasteiger partial charge in [0.1, 0.15) is 11.3 Å². The van der Waals surface area contributed by atoms with Crippen molar-refractivity contribution in [3.63, 3.8) is 0 Å². The van der Waals surface area contributed by atoms with Gasteiger partial charge in [-0.25, -0.2) is 0 Å². The second-order valence-corrected chi connectivity index (χ2v) is 6.92. The molecule has 5 rings (SSSR count). The molecule has 3 heterocycles. The third kappa shape index (κ3) is 3.29. The fraction of sp³-hybridized carbons (Fsp3) is 0.238. The number of para-hydroxylation sites is 1. The molecule has 0 amide bonds. The molecule has 2 aromatic carbocycles. The van der Waals surface area contributed by atoms with Gasteiger partial charge in [-0.05, 0) is 41.6 Å². The number of morpholine rings is 1. The Bertz CT molecular complexity index is 1250. The van der Waals surface area contributed by atoms with E-state index in [0.29, 0.717) is 54.5 Å². The van der Waals surface area contributed by atoms with Gasteiger partial charge in [-0.2, -0.15) is 4.68 Å². The molecule has 0 atom stereocenters. The molecular weight excluding hydrogens is 386 g/mol. The van der Waals surface area contributed by atoms with Crippen LogP contribution >= 0.6 is 0 Å². The van der Waals surface area contributed by atoms with Crippen LogP contribution in [0.2, 0.25) is 0 Å². The Hall–Kier alpha value is -3.72. The lowest BCUT2D eigenvalue weighted by Gasteiger charge is -2.27. The van der Waals surface area contributed by atoms with Gasteiger partial charge < -0.3 is 18.8 Å². The van der Waals surface area contributed by atoms with Gasteiger partial charge in [-0.3, -0.25) is 4.79 Å². The molecule has 2 aromatic heterocycles. The predicted molar refractivity (Wildman–Crippen MR) is 109 cm³/mol. The van der Waals surface area contributed by atoms with Crippen LogP contribution in [-0.4, -0.2) is 46.5 Å². The molecule has 0 unspecified atom stereocenters. The second-order valence-electron chi connectivity index (χ2n) is 6.92. The molecule has 1 saturated heterocycles. The number of nitrogens with zero attached hydrogens (tertiary/aromatic N) is 5. The molecule has 0 aliphatic carbocycles. The van der Waals surface area contributed by atoms with E-state index in [9.17, 15) is 4.79 Å². The van der Waals surface area contributed by atoms with E-state index in [1.54, 1.807) is 12.1 Å². The molecule has 0 radical (unpaired) electrons. The summed E-state index contributed by atoms with van der Waals surface area (Å²) >= 11 is 0. The maximum atomic E-state index is 12.7. The van der Waals surface area contributed by atoms with Crippen molar-refractivity contribution in [3.8, 4) is 17.4 Å². The van der Waals surface area contributed by atoms with E-state index in [2.05, 4.69) is 15.5 Å². The van der Waals surface area contributed by atoms with Gasteiger partial charge in [0.15, 0.2) is 11.3 Å². The van der Waals surface area contributed by atoms with Gasteiger partial charge in [0.25, 0.3) is 0 Å². The van der Waals surface area contributed by atoms with Crippen LogP contribution in [0.25, 0.3) is 16.7 Å². The van der Waals surface area contributed by atoms with Crippen LogP contribution in [0.5, 0.6) is 11.8 Å². The summed E-state index contributed by atoms with van der Waals surface area (Å²) in [4.78, 5) is 14.7. The molecule has 9 heteroatoms. The van der Waals surface area contributed by atoms with Crippen LogP contribution in [0.3, 0.4) is 0 Å². The first-order chi connectivity index (χ1) is 14.7. The van der Waals surface area contributed by atoms with Gasteiger partial charge in [0.2, 0.25) is 0 Å². The van der Waals surface area contributed by atoms with Crippen molar-refractivity contribution < 1.29 is 13.9 Å². The number of benzene rings is 2. The first-order valence-electron chi connectivity index (χ1n) is 9.62. The normalized spacial score (nSPS) is 14.2. The van der Waals surface area contributed by atoms with E-state index >= 15 is 0 Å². The molecule has 30 heavy (non-hydrogen) atoms. The molecular formula is C21H19N5O4. The number of aromatic nitrogens is 4. The highest BCUT2D eigenvalue weighted by Crippen LogP contribution is 2.31. The number of tetrazole rings is 1. The SMILES string of the molecule is Cc1c(Oc2nnnn2-c2ccccc2)ccc2c(=O)cc(N3CCOCC3)oc12. The zero-order chi connectivity index (χ0) is 20.5. The van der Waals surface area contributed by atoms with Crippen molar-refractivity contribution >= 4 is 16.9 Å². The molecule has 0 N–H and O–H groups in total. The van der Waals surface area contributed by atoms with E-state index in [1.165, 1.54) is 10.7 Å². The Morgan fingerprint density at radius 3 is 2.67 bits per heavy atom. The molecule has 4 aromatic rings.